The van der Waals surface area contributed by atoms with Gasteiger partial charge in [0.15, 0.2) is 0 Å². The fourth-order valence-electron chi connectivity index (χ4n) is 2.17. The molecule has 0 bridgehead atoms. The van der Waals surface area contributed by atoms with Crippen LogP contribution in [0.2, 0.25) is 5.02 Å². The number of carbonyl (C=O) groups excluding carboxylic acids is 1. The quantitative estimate of drug-likeness (QED) is 0.791. The van der Waals surface area contributed by atoms with Gasteiger partial charge in [-0.1, -0.05) is 54.1 Å². The van der Waals surface area contributed by atoms with E-state index >= 15 is 0 Å². The summed E-state index contributed by atoms with van der Waals surface area (Å²) < 4.78 is 0. The summed E-state index contributed by atoms with van der Waals surface area (Å²) in [4.78, 5) is 16.1. The number of hydrogen-bond donors (Lipinski definition) is 1. The molecule has 1 N–H and O–H groups in total. The van der Waals surface area contributed by atoms with Crippen molar-refractivity contribution in [2.24, 2.45) is 0 Å². The van der Waals surface area contributed by atoms with Crippen molar-refractivity contribution in [3.63, 3.8) is 0 Å². The molecule has 3 aromatic rings. The first-order valence-electron chi connectivity index (χ1n) is 6.60. The van der Waals surface area contributed by atoms with E-state index in [9.17, 15) is 4.79 Å². The molecule has 21 heavy (non-hydrogen) atoms. The normalized spacial score (nSPS) is 10.5. The van der Waals surface area contributed by atoms with E-state index in [4.69, 9.17) is 11.6 Å². The van der Waals surface area contributed by atoms with Crippen LogP contribution in [0.5, 0.6) is 0 Å². The Balaban J connectivity index is 1.72. The highest BCUT2D eigenvalue weighted by Gasteiger charge is 2.05. The van der Waals surface area contributed by atoms with Crippen molar-refractivity contribution in [1.82, 2.24) is 4.98 Å². The number of anilines is 1. The maximum absolute atomic E-state index is 12.0. The molecule has 0 fully saturated rings. The number of rotatable bonds is 3. The maximum Gasteiger partial charge on any atom is 0.229 e. The molecule has 0 aliphatic rings. The fraction of sp³-hybridized carbons (Fsp3) is 0.0588. The van der Waals surface area contributed by atoms with Crippen molar-refractivity contribution in [1.29, 1.82) is 0 Å². The number of carbonyl (C=O) groups is 1. The Kier molecular flexibility index (Phi) is 3.84. The zero-order valence-electron chi connectivity index (χ0n) is 11.2. The van der Waals surface area contributed by atoms with Gasteiger partial charge in [-0.15, -0.1) is 0 Å². The van der Waals surface area contributed by atoms with E-state index < -0.39 is 0 Å². The highest BCUT2D eigenvalue weighted by atomic mass is 35.5. The first kappa shape index (κ1) is 13.6. The molecule has 0 atom stereocenters. The molecule has 1 amide bonds. The highest BCUT2D eigenvalue weighted by molar-refractivity contribution is 6.30. The summed E-state index contributed by atoms with van der Waals surface area (Å²) in [6, 6.07) is 17.5. The molecule has 1 aromatic heterocycles. The van der Waals surface area contributed by atoms with Gasteiger partial charge in [-0.25, -0.2) is 4.98 Å². The Labute approximate surface area is 127 Å². The number of halogens is 1. The van der Waals surface area contributed by atoms with Gasteiger partial charge in [-0.05, 0) is 28.5 Å². The molecule has 2 aromatic carbocycles. The smallest absolute Gasteiger partial charge is 0.229 e. The van der Waals surface area contributed by atoms with Gasteiger partial charge in [0.05, 0.1) is 11.4 Å². The summed E-state index contributed by atoms with van der Waals surface area (Å²) in [5, 5.41) is 5.60. The first-order valence-corrected chi connectivity index (χ1v) is 6.97. The number of nitrogens with zero attached hydrogens (tertiary/aromatic N) is 1. The van der Waals surface area contributed by atoms with Crippen LogP contribution in [0, 0.1) is 0 Å². The van der Waals surface area contributed by atoms with Gasteiger partial charge < -0.3 is 5.32 Å². The third-order valence-electron chi connectivity index (χ3n) is 3.17. The number of pyridine rings is 1. The lowest BCUT2D eigenvalue weighted by molar-refractivity contribution is -0.115. The SMILES string of the molecule is O=C(Cc1ccc2ccccc2c1)Nc1ccc(Cl)cn1. The minimum Gasteiger partial charge on any atom is -0.310 e. The van der Waals surface area contributed by atoms with Crippen molar-refractivity contribution < 1.29 is 4.79 Å². The Morgan fingerprint density at radius 3 is 2.62 bits per heavy atom. The largest absolute Gasteiger partial charge is 0.310 e. The van der Waals surface area contributed by atoms with E-state index in [2.05, 4.69) is 16.4 Å². The molecule has 1 heterocycles. The van der Waals surface area contributed by atoms with Crippen molar-refractivity contribution >= 4 is 34.1 Å². The number of hydrogen-bond acceptors (Lipinski definition) is 2. The van der Waals surface area contributed by atoms with E-state index in [-0.39, 0.29) is 5.91 Å². The summed E-state index contributed by atoms with van der Waals surface area (Å²) in [5.41, 5.74) is 0.972. The average Bonchev–Trinajstić information content (AvgIpc) is 2.49. The summed E-state index contributed by atoms with van der Waals surface area (Å²) in [6.07, 6.45) is 1.82. The summed E-state index contributed by atoms with van der Waals surface area (Å²) >= 11 is 5.76. The molecule has 3 nitrogen and oxygen atoms in total. The van der Waals surface area contributed by atoms with Gasteiger partial charge in [-0.3, -0.25) is 4.79 Å². The van der Waals surface area contributed by atoms with Gasteiger partial charge >= 0.3 is 0 Å². The highest BCUT2D eigenvalue weighted by Crippen LogP contribution is 2.16. The molecule has 3 rings (SSSR count). The van der Waals surface area contributed by atoms with Gasteiger partial charge in [0.25, 0.3) is 0 Å². The van der Waals surface area contributed by atoms with Crippen molar-refractivity contribution in [3.05, 3.63) is 71.4 Å². The molecule has 0 saturated heterocycles. The van der Waals surface area contributed by atoms with E-state index in [0.717, 1.165) is 10.9 Å². The topological polar surface area (TPSA) is 42.0 Å². The van der Waals surface area contributed by atoms with Crippen LogP contribution in [0.3, 0.4) is 0 Å². The molecule has 0 radical (unpaired) electrons. The van der Waals surface area contributed by atoms with E-state index in [1.165, 1.54) is 11.6 Å². The predicted octanol–water partition coefficient (Wildman–Crippen LogP) is 4.07. The summed E-state index contributed by atoms with van der Waals surface area (Å²) in [6.45, 7) is 0. The van der Waals surface area contributed by atoms with Gasteiger partial charge in [0, 0.05) is 6.20 Å². The molecule has 0 aliphatic carbocycles. The third kappa shape index (κ3) is 3.38. The first-order chi connectivity index (χ1) is 10.2. The van der Waals surface area contributed by atoms with Gasteiger partial charge in [0.2, 0.25) is 5.91 Å². The number of amides is 1. The fourth-order valence-corrected chi connectivity index (χ4v) is 2.28. The van der Waals surface area contributed by atoms with Crippen LogP contribution < -0.4 is 5.32 Å². The van der Waals surface area contributed by atoms with Crippen LogP contribution in [-0.4, -0.2) is 10.9 Å². The summed E-state index contributed by atoms with van der Waals surface area (Å²) in [7, 11) is 0. The van der Waals surface area contributed by atoms with Crippen LogP contribution in [0.4, 0.5) is 5.82 Å². The Hall–Kier alpha value is -2.39. The number of benzene rings is 2. The minimum absolute atomic E-state index is 0.0971. The average molecular weight is 297 g/mol. The minimum atomic E-state index is -0.0971. The van der Waals surface area contributed by atoms with Crippen LogP contribution >= 0.6 is 11.6 Å². The lowest BCUT2D eigenvalue weighted by Crippen LogP contribution is -2.15. The molecule has 104 valence electrons. The number of fused-ring (bicyclic) bond motifs is 1. The van der Waals surface area contributed by atoms with Crippen LogP contribution in [0.1, 0.15) is 5.56 Å². The van der Waals surface area contributed by atoms with E-state index in [1.807, 2.05) is 36.4 Å². The second-order valence-electron chi connectivity index (χ2n) is 4.77. The molecular weight excluding hydrogens is 284 g/mol. The third-order valence-corrected chi connectivity index (χ3v) is 3.40. The zero-order valence-corrected chi connectivity index (χ0v) is 12.0. The van der Waals surface area contributed by atoms with Gasteiger partial charge in [0.1, 0.15) is 5.82 Å². The van der Waals surface area contributed by atoms with Crippen molar-refractivity contribution in [2.75, 3.05) is 5.32 Å². The van der Waals surface area contributed by atoms with Crippen LogP contribution in [0.15, 0.2) is 60.8 Å². The molecule has 0 saturated carbocycles. The predicted molar refractivity (Wildman–Crippen MR) is 85.5 cm³/mol. The zero-order chi connectivity index (χ0) is 14.7. The Morgan fingerprint density at radius 1 is 1.05 bits per heavy atom. The van der Waals surface area contributed by atoms with Crippen molar-refractivity contribution in [2.45, 2.75) is 6.42 Å². The van der Waals surface area contributed by atoms with E-state index in [1.54, 1.807) is 12.1 Å². The molecule has 4 heteroatoms. The Morgan fingerprint density at radius 2 is 1.86 bits per heavy atom. The Bertz CT molecular complexity index is 784. The summed E-state index contributed by atoms with van der Waals surface area (Å²) in [5.74, 6) is 0.408. The standard InChI is InChI=1S/C17H13ClN2O/c18-15-7-8-16(19-11-15)20-17(21)10-12-5-6-13-3-1-2-4-14(13)9-12/h1-9,11H,10H2,(H,19,20,21). The second-order valence-corrected chi connectivity index (χ2v) is 5.20. The molecular formula is C17H13ClN2O. The van der Waals surface area contributed by atoms with Crippen molar-refractivity contribution in [3.8, 4) is 0 Å². The monoisotopic (exact) mass is 296 g/mol. The second kappa shape index (κ2) is 5.94. The lowest BCUT2D eigenvalue weighted by atomic mass is 10.1. The molecule has 0 unspecified atom stereocenters. The van der Waals surface area contributed by atoms with Crippen LogP contribution in [0.25, 0.3) is 10.8 Å². The van der Waals surface area contributed by atoms with Gasteiger partial charge in [-0.2, -0.15) is 0 Å². The maximum atomic E-state index is 12.0. The lowest BCUT2D eigenvalue weighted by Gasteiger charge is -2.06. The van der Waals surface area contributed by atoms with E-state index in [0.29, 0.717) is 17.3 Å². The van der Waals surface area contributed by atoms with Crippen LogP contribution in [-0.2, 0) is 11.2 Å². The number of nitrogens with one attached hydrogen (secondary N) is 1. The number of aromatic nitrogens is 1. The molecule has 0 spiro atoms. The molecule has 0 aliphatic heterocycles.